The lowest BCUT2D eigenvalue weighted by Gasteiger charge is -1.99. The molecule has 1 aromatic heterocycles. The number of hydrogen-bond acceptors (Lipinski definition) is 4. The lowest BCUT2D eigenvalue weighted by Crippen LogP contribution is -2.23. The number of H-pyrrole nitrogens is 1. The van der Waals surface area contributed by atoms with Crippen LogP contribution in [0.4, 0.5) is 5.82 Å². The van der Waals surface area contributed by atoms with E-state index in [0.29, 0.717) is 5.82 Å². The topological polar surface area (TPSA) is 101 Å². The van der Waals surface area contributed by atoms with Crippen molar-refractivity contribution in [2.45, 2.75) is 0 Å². The number of nitrogens with zero attached hydrogens (tertiary/aromatic N) is 1. The van der Waals surface area contributed by atoms with E-state index < -0.39 is 5.91 Å². The average Bonchev–Trinajstić information content (AvgIpc) is 2.01. The molecule has 0 spiro atoms. The van der Waals surface area contributed by atoms with Gasteiger partial charge in [0.05, 0.1) is 12.9 Å². The number of carbonyl (C=O) groups is 1. The summed E-state index contributed by atoms with van der Waals surface area (Å²) in [7, 11) is 0. The molecule has 0 fully saturated rings. The van der Waals surface area contributed by atoms with Gasteiger partial charge in [0.25, 0.3) is 5.56 Å². The fourth-order valence-corrected chi connectivity index (χ4v) is 0.643. The normalized spacial score (nSPS) is 9.33. The number of hydrogen-bond donors (Lipinski definition) is 3. The maximum absolute atomic E-state index is 10.7. The van der Waals surface area contributed by atoms with Crippen LogP contribution in [0.1, 0.15) is 0 Å². The molecule has 0 atom stereocenters. The SMILES string of the molecule is NC(=O)CNc1cc(=O)[nH]cn1. The molecule has 64 valence electrons. The van der Waals surface area contributed by atoms with E-state index in [4.69, 9.17) is 5.73 Å². The van der Waals surface area contributed by atoms with Gasteiger partial charge in [-0.15, -0.1) is 0 Å². The van der Waals surface area contributed by atoms with Crippen LogP contribution in [0.25, 0.3) is 0 Å². The van der Waals surface area contributed by atoms with Crippen molar-refractivity contribution in [3.63, 3.8) is 0 Å². The van der Waals surface area contributed by atoms with Crippen LogP contribution in [0, 0.1) is 0 Å². The van der Waals surface area contributed by atoms with Crippen molar-refractivity contribution < 1.29 is 4.79 Å². The first-order chi connectivity index (χ1) is 5.68. The molecule has 0 aromatic carbocycles. The molecule has 1 rings (SSSR count). The summed E-state index contributed by atoms with van der Waals surface area (Å²) < 4.78 is 0. The second kappa shape index (κ2) is 3.51. The van der Waals surface area contributed by atoms with Gasteiger partial charge in [0.15, 0.2) is 0 Å². The zero-order valence-corrected chi connectivity index (χ0v) is 6.20. The molecule has 0 unspecified atom stereocenters. The predicted molar refractivity (Wildman–Crippen MR) is 42.5 cm³/mol. The zero-order chi connectivity index (χ0) is 8.97. The number of aromatic nitrogens is 2. The van der Waals surface area contributed by atoms with Crippen LogP contribution < -0.4 is 16.6 Å². The molecule has 1 amide bonds. The van der Waals surface area contributed by atoms with Crippen molar-refractivity contribution in [1.29, 1.82) is 0 Å². The van der Waals surface area contributed by atoms with Crippen molar-refractivity contribution in [2.24, 2.45) is 5.73 Å². The third-order valence-corrected chi connectivity index (χ3v) is 1.12. The largest absolute Gasteiger partial charge is 0.368 e. The lowest BCUT2D eigenvalue weighted by molar-refractivity contribution is -0.116. The molecular formula is C6H8N4O2. The smallest absolute Gasteiger partial charge is 0.252 e. The number of nitrogens with two attached hydrogens (primary N) is 1. The van der Waals surface area contributed by atoms with E-state index in [-0.39, 0.29) is 12.1 Å². The Kier molecular flexibility index (Phi) is 2.42. The standard InChI is InChI=1S/C6H8N4O2/c7-4(11)2-8-5-1-6(12)10-3-9-5/h1,3H,2H2,(H2,7,11)(H2,8,9,10,12). The van der Waals surface area contributed by atoms with Gasteiger partial charge in [-0.3, -0.25) is 9.59 Å². The molecule has 4 N–H and O–H groups in total. The highest BCUT2D eigenvalue weighted by Gasteiger charge is 1.95. The number of primary amides is 1. The fraction of sp³-hybridized carbons (Fsp3) is 0.167. The van der Waals surface area contributed by atoms with E-state index in [0.717, 1.165) is 0 Å². The monoisotopic (exact) mass is 168 g/mol. The van der Waals surface area contributed by atoms with Crippen LogP contribution in [0.2, 0.25) is 0 Å². The van der Waals surface area contributed by atoms with Gasteiger partial charge in [-0.2, -0.15) is 0 Å². The minimum absolute atomic E-state index is 0.0313. The molecule has 0 aliphatic heterocycles. The third-order valence-electron chi connectivity index (χ3n) is 1.12. The summed E-state index contributed by atoms with van der Waals surface area (Å²) in [6.45, 7) is -0.0313. The van der Waals surface area contributed by atoms with Crippen LogP contribution in [-0.4, -0.2) is 22.4 Å². The van der Waals surface area contributed by atoms with Gasteiger partial charge in [-0.1, -0.05) is 0 Å². The highest BCUT2D eigenvalue weighted by Crippen LogP contribution is 1.92. The Morgan fingerprint density at radius 3 is 3.08 bits per heavy atom. The Bertz CT molecular complexity index is 332. The summed E-state index contributed by atoms with van der Waals surface area (Å²) in [6, 6.07) is 1.24. The molecule has 6 heteroatoms. The second-order valence-electron chi connectivity index (χ2n) is 2.12. The number of nitrogens with one attached hydrogen (secondary N) is 2. The third kappa shape index (κ3) is 2.41. The summed E-state index contributed by atoms with van der Waals surface area (Å²) in [4.78, 5) is 27.1. The van der Waals surface area contributed by atoms with Crippen molar-refractivity contribution >= 4 is 11.7 Å². The van der Waals surface area contributed by atoms with Crippen LogP contribution in [0.3, 0.4) is 0 Å². The molecule has 0 saturated carbocycles. The Labute approximate surface area is 67.8 Å². The second-order valence-corrected chi connectivity index (χ2v) is 2.12. The first kappa shape index (κ1) is 8.25. The molecule has 0 radical (unpaired) electrons. The van der Waals surface area contributed by atoms with Crippen LogP contribution in [0.5, 0.6) is 0 Å². The van der Waals surface area contributed by atoms with Gasteiger partial charge in [-0.05, 0) is 0 Å². The van der Waals surface area contributed by atoms with Crippen LogP contribution >= 0.6 is 0 Å². The molecule has 0 aliphatic rings. The van der Waals surface area contributed by atoms with Gasteiger partial charge in [-0.25, -0.2) is 4.98 Å². The lowest BCUT2D eigenvalue weighted by atomic mass is 10.5. The summed E-state index contributed by atoms with van der Waals surface area (Å²) >= 11 is 0. The Morgan fingerprint density at radius 2 is 2.50 bits per heavy atom. The maximum Gasteiger partial charge on any atom is 0.252 e. The summed E-state index contributed by atoms with van der Waals surface area (Å²) in [5, 5.41) is 2.58. The molecule has 1 aromatic rings. The highest BCUT2D eigenvalue weighted by molar-refractivity contribution is 5.78. The molecule has 1 heterocycles. The molecule has 0 saturated heterocycles. The van der Waals surface area contributed by atoms with E-state index in [9.17, 15) is 9.59 Å². The van der Waals surface area contributed by atoms with Crippen LogP contribution in [-0.2, 0) is 4.79 Å². The average molecular weight is 168 g/mol. The highest BCUT2D eigenvalue weighted by atomic mass is 16.1. The van der Waals surface area contributed by atoms with Gasteiger partial charge in [0, 0.05) is 6.07 Å². The minimum Gasteiger partial charge on any atom is -0.368 e. The van der Waals surface area contributed by atoms with Crippen LogP contribution in [0.15, 0.2) is 17.2 Å². The van der Waals surface area contributed by atoms with Crippen molar-refractivity contribution in [3.05, 3.63) is 22.7 Å². The Hall–Kier alpha value is -1.85. The number of anilines is 1. The van der Waals surface area contributed by atoms with Gasteiger partial charge in [0.1, 0.15) is 5.82 Å². The molecule has 0 aliphatic carbocycles. The van der Waals surface area contributed by atoms with Crippen molar-refractivity contribution in [3.8, 4) is 0 Å². The van der Waals surface area contributed by atoms with E-state index in [2.05, 4.69) is 15.3 Å². The quantitative estimate of drug-likeness (QED) is 0.520. The van der Waals surface area contributed by atoms with Gasteiger partial charge < -0.3 is 16.0 Å². The Morgan fingerprint density at radius 1 is 1.75 bits per heavy atom. The molecule has 6 nitrogen and oxygen atoms in total. The van der Waals surface area contributed by atoms with Gasteiger partial charge >= 0.3 is 0 Å². The molecule has 0 bridgehead atoms. The van der Waals surface area contributed by atoms with E-state index in [1.807, 2.05) is 0 Å². The first-order valence-corrected chi connectivity index (χ1v) is 3.25. The summed E-state index contributed by atoms with van der Waals surface area (Å²) in [6.07, 6.45) is 1.24. The Balaban J connectivity index is 2.64. The predicted octanol–water partition coefficient (Wildman–Crippen LogP) is -1.33. The van der Waals surface area contributed by atoms with E-state index in [1.54, 1.807) is 0 Å². The van der Waals surface area contributed by atoms with Crippen molar-refractivity contribution in [2.75, 3.05) is 11.9 Å². The number of carbonyl (C=O) groups excluding carboxylic acids is 1. The molecule has 12 heavy (non-hydrogen) atoms. The maximum atomic E-state index is 10.7. The van der Waals surface area contributed by atoms with E-state index >= 15 is 0 Å². The minimum atomic E-state index is -0.503. The molecular weight excluding hydrogens is 160 g/mol. The van der Waals surface area contributed by atoms with Gasteiger partial charge in [0.2, 0.25) is 5.91 Å². The first-order valence-electron chi connectivity index (χ1n) is 3.25. The summed E-state index contributed by atoms with van der Waals surface area (Å²) in [5.74, 6) is -0.172. The van der Waals surface area contributed by atoms with E-state index in [1.165, 1.54) is 12.4 Å². The number of aromatic amines is 1. The van der Waals surface area contributed by atoms with Crippen molar-refractivity contribution in [1.82, 2.24) is 9.97 Å². The number of amides is 1. The summed E-state index contributed by atoms with van der Waals surface area (Å²) in [5.41, 5.74) is 4.58. The fourth-order valence-electron chi connectivity index (χ4n) is 0.643. The zero-order valence-electron chi connectivity index (χ0n) is 6.20. The number of rotatable bonds is 3.